The van der Waals surface area contributed by atoms with Crippen molar-refractivity contribution in [1.29, 1.82) is 0 Å². The van der Waals surface area contributed by atoms with Gasteiger partial charge in [0.05, 0.1) is 17.9 Å². The lowest BCUT2D eigenvalue weighted by Crippen LogP contribution is -2.29. The molecule has 0 unspecified atom stereocenters. The van der Waals surface area contributed by atoms with Crippen LogP contribution in [-0.2, 0) is 16.4 Å². The third kappa shape index (κ3) is 10.6. The molecule has 0 radical (unpaired) electrons. The fourth-order valence-corrected chi connectivity index (χ4v) is 4.93. The first-order valence-corrected chi connectivity index (χ1v) is 14.1. The van der Waals surface area contributed by atoms with E-state index in [4.69, 9.17) is 0 Å². The monoisotopic (exact) mass is 585 g/mol. The van der Waals surface area contributed by atoms with Gasteiger partial charge in [0.15, 0.2) is 0 Å². The van der Waals surface area contributed by atoms with Gasteiger partial charge in [-0.05, 0) is 47.9 Å². The largest absolute Gasteiger partial charge is 0.387 e. The second-order valence-electron chi connectivity index (χ2n) is 8.53. The third-order valence-corrected chi connectivity index (χ3v) is 6.77. The van der Waals surface area contributed by atoms with Crippen molar-refractivity contribution in [3.63, 3.8) is 0 Å². The number of amides is 1. The maximum atomic E-state index is 12.5. The molecule has 0 saturated heterocycles. The molecule has 1 aromatic heterocycles. The van der Waals surface area contributed by atoms with Crippen LogP contribution in [-0.4, -0.2) is 49.0 Å². The lowest BCUT2D eigenvalue weighted by molar-refractivity contribution is 0.0979. The maximum Gasteiger partial charge on any atom is 0.265 e. The predicted octanol–water partition coefficient (Wildman–Crippen LogP) is 4.65. The van der Waals surface area contributed by atoms with Crippen LogP contribution in [0, 0.1) is 0 Å². The molecule has 0 fully saturated rings. The van der Waals surface area contributed by atoms with Gasteiger partial charge in [-0.2, -0.15) is 0 Å². The highest BCUT2D eigenvalue weighted by atomic mass is 35.5. The van der Waals surface area contributed by atoms with Gasteiger partial charge in [-0.25, -0.2) is 13.1 Å². The van der Waals surface area contributed by atoms with E-state index in [9.17, 15) is 18.3 Å². The Hall–Kier alpha value is -2.14. The van der Waals surface area contributed by atoms with Gasteiger partial charge in [0.25, 0.3) is 5.91 Å². The van der Waals surface area contributed by atoms with Crippen molar-refractivity contribution in [2.24, 2.45) is 0 Å². The van der Waals surface area contributed by atoms with E-state index in [1.165, 1.54) is 11.8 Å². The highest BCUT2D eigenvalue weighted by molar-refractivity contribution is 8.00. The van der Waals surface area contributed by atoms with Gasteiger partial charge in [-0.15, -0.1) is 36.6 Å². The fraction of sp³-hybridized carbons (Fsp3) is 0.308. The predicted molar refractivity (Wildman–Crippen MR) is 155 cm³/mol. The average Bonchev–Trinajstić information content (AvgIpc) is 2.81. The smallest absolute Gasteiger partial charge is 0.265 e. The molecule has 0 aliphatic carbocycles. The Morgan fingerprint density at radius 3 is 2.32 bits per heavy atom. The molecule has 7 nitrogen and oxygen atoms in total. The zero-order valence-corrected chi connectivity index (χ0v) is 24.1. The summed E-state index contributed by atoms with van der Waals surface area (Å²) in [4.78, 5) is 17.2. The highest BCUT2D eigenvalue weighted by Gasteiger charge is 2.17. The first-order valence-electron chi connectivity index (χ1n) is 11.3. The quantitative estimate of drug-likeness (QED) is 0.222. The molecule has 0 aliphatic heterocycles. The molecule has 0 bridgehead atoms. The van der Waals surface area contributed by atoms with Gasteiger partial charge in [0.2, 0.25) is 10.0 Å². The molecule has 11 heteroatoms. The Morgan fingerprint density at radius 1 is 1.05 bits per heavy atom. The number of hydrogen-bond acceptors (Lipinski definition) is 7. The standard InChI is InChI=1S/C26H31N3O4S2.2ClH/c1-18(2)34-25-15-21(10-11-23(25)26(31)29-35(3,32)33)20-8-6-19(7-9-20)12-14-28-17-24(30)22-5-4-13-27-16-22;;/h4-11,13,15-16,18,24,28,30H,12,14,17H2,1-3H3,(H,29,31);2*1H/t24-;;/m0../s1. The van der Waals surface area contributed by atoms with Crippen molar-refractivity contribution in [1.82, 2.24) is 15.0 Å². The molecule has 1 heterocycles. The van der Waals surface area contributed by atoms with Crippen molar-refractivity contribution in [3.05, 3.63) is 83.7 Å². The summed E-state index contributed by atoms with van der Waals surface area (Å²) in [5.74, 6) is -0.626. The van der Waals surface area contributed by atoms with E-state index in [-0.39, 0.29) is 30.1 Å². The Bertz CT molecular complexity index is 1240. The molecule has 1 amide bonds. The zero-order chi connectivity index (χ0) is 25.4. The number of aromatic nitrogens is 1. The molecule has 0 saturated carbocycles. The number of rotatable bonds is 11. The van der Waals surface area contributed by atoms with Crippen molar-refractivity contribution in [2.45, 2.75) is 36.5 Å². The molecule has 0 aliphatic rings. The van der Waals surface area contributed by atoms with Gasteiger partial charge < -0.3 is 10.4 Å². The molecule has 37 heavy (non-hydrogen) atoms. The van der Waals surface area contributed by atoms with E-state index in [1.807, 2.05) is 50.2 Å². The van der Waals surface area contributed by atoms with Crippen LogP contribution in [0.25, 0.3) is 11.1 Å². The summed E-state index contributed by atoms with van der Waals surface area (Å²) in [5, 5.41) is 13.7. The number of nitrogens with one attached hydrogen (secondary N) is 2. The van der Waals surface area contributed by atoms with E-state index in [1.54, 1.807) is 18.5 Å². The first-order chi connectivity index (χ1) is 16.6. The molecule has 3 aromatic rings. The van der Waals surface area contributed by atoms with Crippen LogP contribution in [0.4, 0.5) is 0 Å². The summed E-state index contributed by atoms with van der Waals surface area (Å²) < 4.78 is 25.1. The molecular weight excluding hydrogens is 553 g/mol. The number of aliphatic hydroxyl groups is 1. The Labute approximate surface area is 235 Å². The third-order valence-electron chi connectivity index (χ3n) is 5.15. The zero-order valence-electron chi connectivity index (χ0n) is 20.9. The summed E-state index contributed by atoms with van der Waals surface area (Å²) in [7, 11) is -3.64. The van der Waals surface area contributed by atoms with Crippen LogP contribution >= 0.6 is 36.6 Å². The number of nitrogens with zero attached hydrogens (tertiary/aromatic N) is 1. The van der Waals surface area contributed by atoms with Crippen molar-refractivity contribution >= 4 is 52.5 Å². The Balaban J connectivity index is 0.00000342. The SMILES string of the molecule is CC(C)Sc1cc(-c2ccc(CCNC[C@H](O)c3cccnc3)cc2)ccc1C(=O)NS(C)(=O)=O.Cl.Cl. The summed E-state index contributed by atoms with van der Waals surface area (Å²) in [6, 6.07) is 17.3. The van der Waals surface area contributed by atoms with Crippen LogP contribution in [0.15, 0.2) is 71.9 Å². The van der Waals surface area contributed by atoms with E-state index in [0.717, 1.165) is 46.4 Å². The molecule has 3 rings (SSSR count). The topological polar surface area (TPSA) is 108 Å². The number of carbonyl (C=O) groups excluding carboxylic acids is 1. The van der Waals surface area contributed by atoms with Crippen LogP contribution in [0.3, 0.4) is 0 Å². The number of sulfonamides is 1. The molecule has 1 atom stereocenters. The van der Waals surface area contributed by atoms with Crippen LogP contribution in [0.1, 0.15) is 41.4 Å². The van der Waals surface area contributed by atoms with E-state index >= 15 is 0 Å². The van der Waals surface area contributed by atoms with E-state index < -0.39 is 22.0 Å². The van der Waals surface area contributed by atoms with E-state index in [0.29, 0.717) is 12.1 Å². The van der Waals surface area contributed by atoms with Gasteiger partial charge in [0, 0.05) is 34.6 Å². The average molecular weight is 587 g/mol. The molecule has 3 N–H and O–H groups in total. The van der Waals surface area contributed by atoms with Gasteiger partial charge in [-0.1, -0.05) is 50.2 Å². The van der Waals surface area contributed by atoms with Crippen LogP contribution in [0.2, 0.25) is 0 Å². The van der Waals surface area contributed by atoms with Crippen molar-refractivity contribution < 1.29 is 18.3 Å². The van der Waals surface area contributed by atoms with Gasteiger partial charge in [-0.3, -0.25) is 9.78 Å². The molecule has 202 valence electrons. The minimum absolute atomic E-state index is 0. The summed E-state index contributed by atoms with van der Waals surface area (Å²) in [6.45, 7) is 5.23. The summed E-state index contributed by atoms with van der Waals surface area (Å²) >= 11 is 1.52. The number of aliphatic hydroxyl groups excluding tert-OH is 1. The number of carbonyl (C=O) groups is 1. The number of hydrogen-bond donors (Lipinski definition) is 3. The molecule has 0 spiro atoms. The number of halogens is 2. The van der Waals surface area contributed by atoms with Gasteiger partial charge >= 0.3 is 0 Å². The van der Waals surface area contributed by atoms with E-state index in [2.05, 4.69) is 27.2 Å². The lowest BCUT2D eigenvalue weighted by atomic mass is 10.0. The number of benzene rings is 2. The minimum Gasteiger partial charge on any atom is -0.387 e. The van der Waals surface area contributed by atoms with Gasteiger partial charge in [0.1, 0.15) is 0 Å². The lowest BCUT2D eigenvalue weighted by Gasteiger charge is -2.14. The number of pyridine rings is 1. The molecular formula is C26H33Cl2N3O4S2. The Kier molecular flexibility index (Phi) is 13.6. The van der Waals surface area contributed by atoms with Crippen LogP contribution in [0.5, 0.6) is 0 Å². The highest BCUT2D eigenvalue weighted by Crippen LogP contribution is 2.32. The summed E-state index contributed by atoms with van der Waals surface area (Å²) in [5.41, 5.74) is 4.26. The van der Waals surface area contributed by atoms with Crippen LogP contribution < -0.4 is 10.0 Å². The second kappa shape index (κ2) is 15.3. The second-order valence-corrected chi connectivity index (χ2v) is 11.9. The Morgan fingerprint density at radius 2 is 1.73 bits per heavy atom. The number of thioether (sulfide) groups is 1. The maximum absolute atomic E-state index is 12.5. The molecule has 2 aromatic carbocycles. The normalized spacial score (nSPS) is 11.8. The van der Waals surface area contributed by atoms with Crippen molar-refractivity contribution in [3.8, 4) is 11.1 Å². The van der Waals surface area contributed by atoms with Crippen molar-refractivity contribution in [2.75, 3.05) is 19.3 Å². The fourth-order valence-electron chi connectivity index (χ4n) is 3.49. The summed E-state index contributed by atoms with van der Waals surface area (Å²) in [6.07, 6.45) is 4.54. The first kappa shape index (κ1) is 32.9. The minimum atomic E-state index is -3.64.